The summed E-state index contributed by atoms with van der Waals surface area (Å²) in [6, 6.07) is 2.35. The Balaban J connectivity index is 2.29. The van der Waals surface area contributed by atoms with E-state index in [1.54, 1.807) is 4.90 Å². The van der Waals surface area contributed by atoms with E-state index in [9.17, 15) is 31.7 Å². The molecule has 1 aromatic carbocycles. The zero-order chi connectivity index (χ0) is 19.0. The molecule has 0 radical (unpaired) electrons. The predicted octanol–water partition coefficient (Wildman–Crippen LogP) is 2.07. The van der Waals surface area contributed by atoms with Crippen LogP contribution in [0, 0.1) is 10.1 Å². The predicted molar refractivity (Wildman–Crippen MR) is 85.5 cm³/mol. The first-order chi connectivity index (χ1) is 11.4. The van der Waals surface area contributed by atoms with Crippen molar-refractivity contribution in [2.24, 2.45) is 0 Å². The standard InChI is InChI=1S/C14H18F3N3O4S/c1-10(14(15,16)17)18-6-8-19(9-7-18)11-4-3-5-12(25(2,23)24)13(11)20(21)22/h3-5,10H,6-9H2,1-2H3. The lowest BCUT2D eigenvalue weighted by Gasteiger charge is -2.39. The van der Waals surface area contributed by atoms with E-state index in [4.69, 9.17) is 0 Å². The first kappa shape index (κ1) is 19.4. The molecule has 0 amide bonds. The summed E-state index contributed by atoms with van der Waals surface area (Å²) >= 11 is 0. The normalized spacial score (nSPS) is 18.2. The van der Waals surface area contributed by atoms with Crippen LogP contribution in [0.3, 0.4) is 0 Å². The van der Waals surface area contributed by atoms with Gasteiger partial charge in [0.15, 0.2) is 9.84 Å². The summed E-state index contributed by atoms with van der Waals surface area (Å²) in [5.74, 6) is 0. The first-order valence-electron chi connectivity index (χ1n) is 7.46. The summed E-state index contributed by atoms with van der Waals surface area (Å²) in [4.78, 5) is 13.0. The van der Waals surface area contributed by atoms with Crippen LogP contribution in [0.2, 0.25) is 0 Å². The number of rotatable bonds is 4. The molecule has 0 saturated carbocycles. The highest BCUT2D eigenvalue weighted by Gasteiger charge is 2.41. The first-order valence-corrected chi connectivity index (χ1v) is 9.35. The van der Waals surface area contributed by atoms with Gasteiger partial charge in [-0.2, -0.15) is 13.2 Å². The Hall–Kier alpha value is -1.88. The van der Waals surface area contributed by atoms with E-state index in [-0.39, 0.29) is 31.9 Å². The maximum absolute atomic E-state index is 12.8. The summed E-state index contributed by atoms with van der Waals surface area (Å²) in [5.41, 5.74) is -0.436. The molecule has 11 heteroatoms. The molecule has 7 nitrogen and oxygen atoms in total. The van der Waals surface area contributed by atoms with E-state index in [0.29, 0.717) is 0 Å². The van der Waals surface area contributed by atoms with Crippen molar-refractivity contribution in [2.45, 2.75) is 24.0 Å². The molecular formula is C14H18F3N3O4S. The van der Waals surface area contributed by atoms with Gasteiger partial charge in [0.25, 0.3) is 0 Å². The molecule has 1 aromatic rings. The van der Waals surface area contributed by atoms with Crippen LogP contribution in [-0.2, 0) is 9.84 Å². The minimum atomic E-state index is -4.34. The Labute approximate surface area is 143 Å². The minimum Gasteiger partial charge on any atom is -0.363 e. The van der Waals surface area contributed by atoms with Gasteiger partial charge in [-0.15, -0.1) is 0 Å². The molecule has 1 fully saturated rings. The number of halogens is 3. The Morgan fingerprint density at radius 1 is 1.20 bits per heavy atom. The Morgan fingerprint density at radius 3 is 2.20 bits per heavy atom. The number of nitro benzene ring substituents is 1. The second kappa shape index (κ2) is 6.79. The zero-order valence-corrected chi connectivity index (χ0v) is 14.5. The second-order valence-corrected chi connectivity index (χ2v) is 7.88. The third-order valence-corrected chi connectivity index (χ3v) is 5.36. The van der Waals surface area contributed by atoms with Crippen LogP contribution >= 0.6 is 0 Å². The van der Waals surface area contributed by atoms with E-state index in [0.717, 1.165) is 19.2 Å². The zero-order valence-electron chi connectivity index (χ0n) is 13.7. The number of nitro groups is 1. The van der Waals surface area contributed by atoms with Crippen LogP contribution in [0.25, 0.3) is 0 Å². The quantitative estimate of drug-likeness (QED) is 0.587. The van der Waals surface area contributed by atoms with E-state index >= 15 is 0 Å². The average molecular weight is 381 g/mol. The Bertz CT molecular complexity index is 759. The van der Waals surface area contributed by atoms with Crippen LogP contribution < -0.4 is 4.90 Å². The molecule has 0 bridgehead atoms. The van der Waals surface area contributed by atoms with E-state index in [2.05, 4.69) is 0 Å². The number of sulfone groups is 1. The van der Waals surface area contributed by atoms with Crippen molar-refractivity contribution in [2.75, 3.05) is 37.3 Å². The van der Waals surface area contributed by atoms with Gasteiger partial charge in [-0.05, 0) is 19.1 Å². The summed E-state index contributed by atoms with van der Waals surface area (Å²) in [6.07, 6.45) is -3.47. The highest BCUT2D eigenvalue weighted by Crippen LogP contribution is 2.35. The molecule has 140 valence electrons. The van der Waals surface area contributed by atoms with Crippen molar-refractivity contribution in [3.8, 4) is 0 Å². The van der Waals surface area contributed by atoms with Gasteiger partial charge in [0.05, 0.1) is 4.92 Å². The second-order valence-electron chi connectivity index (χ2n) is 5.89. The maximum atomic E-state index is 12.8. The van der Waals surface area contributed by atoms with Crippen molar-refractivity contribution in [3.05, 3.63) is 28.3 Å². The van der Waals surface area contributed by atoms with Crippen LogP contribution in [0.1, 0.15) is 6.92 Å². The van der Waals surface area contributed by atoms with Crippen LogP contribution in [0.4, 0.5) is 24.5 Å². The molecule has 1 saturated heterocycles. The van der Waals surface area contributed by atoms with Crippen LogP contribution in [-0.4, -0.2) is 62.9 Å². The highest BCUT2D eigenvalue weighted by molar-refractivity contribution is 7.90. The van der Waals surface area contributed by atoms with Crippen LogP contribution in [0.5, 0.6) is 0 Å². The fourth-order valence-electron chi connectivity index (χ4n) is 2.81. The molecule has 1 unspecified atom stereocenters. The van der Waals surface area contributed by atoms with Gasteiger partial charge in [0.2, 0.25) is 0 Å². The van der Waals surface area contributed by atoms with Crippen molar-refractivity contribution in [3.63, 3.8) is 0 Å². The molecule has 0 spiro atoms. The van der Waals surface area contributed by atoms with Gasteiger partial charge in [-0.25, -0.2) is 8.42 Å². The summed E-state index contributed by atoms with van der Waals surface area (Å²) in [5, 5.41) is 11.4. The van der Waals surface area contributed by atoms with E-state index in [1.165, 1.54) is 17.0 Å². The average Bonchev–Trinajstić information content (AvgIpc) is 2.51. The SMILES string of the molecule is CC(N1CCN(c2cccc(S(C)(=O)=O)c2[N+](=O)[O-])CC1)C(F)(F)F. The summed E-state index contributed by atoms with van der Waals surface area (Å²) in [6.45, 7) is 1.48. The van der Waals surface area contributed by atoms with Gasteiger partial charge in [-0.3, -0.25) is 15.0 Å². The molecule has 1 heterocycles. The van der Waals surface area contributed by atoms with Gasteiger partial charge in [0.1, 0.15) is 16.6 Å². The number of hydrogen-bond acceptors (Lipinski definition) is 6. The summed E-state index contributed by atoms with van der Waals surface area (Å²) < 4.78 is 62.0. The third kappa shape index (κ3) is 4.21. The van der Waals surface area contributed by atoms with Gasteiger partial charge < -0.3 is 4.90 Å². The number of nitrogens with zero attached hydrogens (tertiary/aromatic N) is 3. The Kier molecular flexibility index (Phi) is 5.28. The smallest absolute Gasteiger partial charge is 0.363 e. The van der Waals surface area contributed by atoms with Gasteiger partial charge in [0, 0.05) is 32.4 Å². The topological polar surface area (TPSA) is 83.8 Å². The number of anilines is 1. The molecule has 1 atom stereocenters. The lowest BCUT2D eigenvalue weighted by molar-refractivity contribution is -0.387. The van der Waals surface area contributed by atoms with Gasteiger partial charge >= 0.3 is 11.9 Å². The molecular weight excluding hydrogens is 363 g/mol. The third-order valence-electron chi connectivity index (χ3n) is 4.24. The number of hydrogen-bond donors (Lipinski definition) is 0. The molecule has 1 aliphatic rings. The molecule has 1 aliphatic heterocycles. The number of piperazine rings is 1. The number of alkyl halides is 3. The monoisotopic (exact) mass is 381 g/mol. The largest absolute Gasteiger partial charge is 0.403 e. The van der Waals surface area contributed by atoms with E-state index in [1.807, 2.05) is 0 Å². The summed E-state index contributed by atoms with van der Waals surface area (Å²) in [7, 11) is -3.81. The number of benzene rings is 1. The van der Waals surface area contributed by atoms with Crippen molar-refractivity contribution in [1.82, 2.24) is 4.90 Å². The Morgan fingerprint density at radius 2 is 1.76 bits per heavy atom. The van der Waals surface area contributed by atoms with Crippen molar-refractivity contribution < 1.29 is 26.5 Å². The highest BCUT2D eigenvalue weighted by atomic mass is 32.2. The molecule has 2 rings (SSSR count). The fraction of sp³-hybridized carbons (Fsp3) is 0.571. The van der Waals surface area contributed by atoms with Crippen LogP contribution in [0.15, 0.2) is 23.1 Å². The van der Waals surface area contributed by atoms with Crippen molar-refractivity contribution in [1.29, 1.82) is 0 Å². The number of para-hydroxylation sites is 1. The molecule has 0 aromatic heterocycles. The fourth-order valence-corrected chi connectivity index (χ4v) is 3.66. The molecule has 0 N–H and O–H groups in total. The van der Waals surface area contributed by atoms with Gasteiger partial charge in [-0.1, -0.05) is 6.07 Å². The lowest BCUT2D eigenvalue weighted by atomic mass is 10.2. The van der Waals surface area contributed by atoms with Crippen molar-refractivity contribution >= 4 is 21.2 Å². The minimum absolute atomic E-state index is 0.0704. The molecule has 25 heavy (non-hydrogen) atoms. The van der Waals surface area contributed by atoms with E-state index < -0.39 is 37.6 Å². The maximum Gasteiger partial charge on any atom is 0.403 e. The lowest BCUT2D eigenvalue weighted by Crippen LogP contribution is -2.53. The molecule has 0 aliphatic carbocycles.